The quantitative estimate of drug-likeness (QED) is 0.294. The highest BCUT2D eigenvalue weighted by Crippen LogP contribution is 2.20. The number of esters is 2. The van der Waals surface area contributed by atoms with Gasteiger partial charge >= 0.3 is 11.9 Å². The van der Waals surface area contributed by atoms with Crippen LogP contribution in [0.1, 0.15) is 44.1 Å². The average molecular weight is 588 g/mol. The maximum atomic E-state index is 13.5. The predicted molar refractivity (Wildman–Crippen MR) is 146 cm³/mol. The van der Waals surface area contributed by atoms with Crippen molar-refractivity contribution in [3.05, 3.63) is 35.9 Å². The van der Waals surface area contributed by atoms with E-state index in [1.54, 1.807) is 30.3 Å². The number of rotatable bonds is 6. The molecule has 4 N–H and O–H groups in total. The van der Waals surface area contributed by atoms with Crippen LogP contribution in [0.3, 0.4) is 0 Å². The molecular formula is C28H37N5O9. The largest absolute Gasteiger partial charge is 0.469 e. The van der Waals surface area contributed by atoms with Crippen molar-refractivity contribution in [1.29, 1.82) is 0 Å². The van der Waals surface area contributed by atoms with Crippen LogP contribution < -0.4 is 21.3 Å². The number of hydrogen-bond acceptors (Lipinski definition) is 9. The van der Waals surface area contributed by atoms with E-state index in [1.807, 2.05) is 0 Å². The van der Waals surface area contributed by atoms with Gasteiger partial charge in [-0.2, -0.15) is 0 Å². The molecule has 1 aromatic rings. The molecule has 0 radical (unpaired) electrons. The van der Waals surface area contributed by atoms with Crippen LogP contribution in [0.5, 0.6) is 0 Å². The Kier molecular flexibility index (Phi) is 11.8. The zero-order valence-corrected chi connectivity index (χ0v) is 23.7. The topological polar surface area (TPSA) is 189 Å². The van der Waals surface area contributed by atoms with E-state index in [0.29, 0.717) is 6.42 Å². The molecule has 14 nitrogen and oxygen atoms in total. The zero-order valence-electron chi connectivity index (χ0n) is 23.7. The number of methoxy groups -OCH3 is 2. The first kappa shape index (κ1) is 32.0. The third kappa shape index (κ3) is 9.01. The van der Waals surface area contributed by atoms with Crippen LogP contribution in [-0.2, 0) is 49.5 Å². The van der Waals surface area contributed by atoms with Gasteiger partial charge in [-0.1, -0.05) is 30.3 Å². The highest BCUT2D eigenvalue weighted by atomic mass is 16.5. The Morgan fingerprint density at radius 1 is 0.905 bits per heavy atom. The summed E-state index contributed by atoms with van der Waals surface area (Å²) in [6.45, 7) is 0.114. The second-order valence-electron chi connectivity index (χ2n) is 10.1. The van der Waals surface area contributed by atoms with Gasteiger partial charge in [-0.05, 0) is 24.8 Å². The second kappa shape index (κ2) is 15.5. The van der Waals surface area contributed by atoms with E-state index in [2.05, 4.69) is 26.0 Å². The Bertz CT molecular complexity index is 1180. The number of amides is 5. The minimum absolute atomic E-state index is 0.0726. The molecule has 0 spiro atoms. The van der Waals surface area contributed by atoms with E-state index in [-0.39, 0.29) is 45.2 Å². The molecule has 0 aromatic heterocycles. The minimum atomic E-state index is -1.38. The summed E-state index contributed by atoms with van der Waals surface area (Å²) in [5.74, 6) is -4.52. The summed E-state index contributed by atoms with van der Waals surface area (Å²) in [5.41, 5.74) is 0.757. The van der Waals surface area contributed by atoms with Gasteiger partial charge in [0.15, 0.2) is 0 Å². The lowest BCUT2D eigenvalue weighted by molar-refractivity contribution is -0.148. The first-order chi connectivity index (χ1) is 20.1. The molecule has 5 amide bonds. The van der Waals surface area contributed by atoms with Crippen LogP contribution >= 0.6 is 0 Å². The highest BCUT2D eigenvalue weighted by Gasteiger charge is 2.39. The monoisotopic (exact) mass is 587 g/mol. The molecule has 1 aromatic carbocycles. The van der Waals surface area contributed by atoms with Crippen molar-refractivity contribution in [3.63, 3.8) is 0 Å². The first-order valence-electron chi connectivity index (χ1n) is 13.8. The smallest absolute Gasteiger partial charge is 0.328 e. The molecule has 0 saturated carbocycles. The lowest BCUT2D eigenvalue weighted by Gasteiger charge is -2.29. The number of benzene rings is 1. The lowest BCUT2D eigenvalue weighted by Crippen LogP contribution is -2.56. The number of nitrogens with one attached hydrogen (secondary N) is 4. The first-order valence-corrected chi connectivity index (χ1v) is 13.8. The molecule has 2 saturated heterocycles. The van der Waals surface area contributed by atoms with Gasteiger partial charge in [0.05, 0.1) is 20.6 Å². The zero-order chi connectivity index (χ0) is 30.6. The van der Waals surface area contributed by atoms with Crippen molar-refractivity contribution >= 4 is 41.5 Å². The fraction of sp³-hybridized carbons (Fsp3) is 0.536. The second-order valence-corrected chi connectivity index (χ2v) is 10.1. The van der Waals surface area contributed by atoms with Gasteiger partial charge in [0, 0.05) is 32.4 Å². The van der Waals surface area contributed by atoms with Gasteiger partial charge in [-0.3, -0.25) is 28.8 Å². The molecule has 14 heteroatoms. The molecule has 42 heavy (non-hydrogen) atoms. The van der Waals surface area contributed by atoms with E-state index >= 15 is 0 Å². The van der Waals surface area contributed by atoms with Crippen molar-refractivity contribution in [1.82, 2.24) is 26.2 Å². The van der Waals surface area contributed by atoms with Crippen molar-refractivity contribution in [2.75, 3.05) is 27.3 Å². The summed E-state index contributed by atoms with van der Waals surface area (Å²) in [5, 5.41) is 10.4. The summed E-state index contributed by atoms with van der Waals surface area (Å²) in [7, 11) is 2.32. The summed E-state index contributed by atoms with van der Waals surface area (Å²) in [6.07, 6.45) is -0.0374. The standard InChI is InChI=1S/C28H37N5O9/c1-41-24(36)11-10-18-27(39)33-14-6-9-21(33)26(38)32-20(28(40)42-2)16-23(35)31-19(15-17-7-4-3-5-8-17)25(37)29-13-12-22(34)30-18/h3-5,7-8,18-21H,6,9-16H2,1-2H3,(H,29,37)(H,30,34)(H,31,35)(H,32,38)/t18-,19?,20-,21+/m1/s1. The van der Waals surface area contributed by atoms with Crippen molar-refractivity contribution in [3.8, 4) is 0 Å². The van der Waals surface area contributed by atoms with Crippen molar-refractivity contribution in [2.24, 2.45) is 0 Å². The molecule has 4 atom stereocenters. The number of carbonyl (C=O) groups excluding carboxylic acids is 7. The van der Waals surface area contributed by atoms with Crippen LogP contribution in [0.15, 0.2) is 30.3 Å². The number of fused-ring (bicyclic) bond motifs is 1. The third-order valence-corrected chi connectivity index (χ3v) is 7.11. The van der Waals surface area contributed by atoms with Crippen LogP contribution in [-0.4, -0.2) is 97.9 Å². The molecule has 0 aliphatic carbocycles. The fourth-order valence-electron chi connectivity index (χ4n) is 4.91. The third-order valence-electron chi connectivity index (χ3n) is 7.11. The molecule has 0 bridgehead atoms. The van der Waals surface area contributed by atoms with Gasteiger partial charge in [0.2, 0.25) is 29.5 Å². The SMILES string of the molecule is COC(=O)CC[C@H]1NC(=O)CCNC(=O)C(Cc2ccccc2)NC(=O)C[C@H](C(=O)OC)NC(=O)[C@@H]2CCCN2C1=O. The van der Waals surface area contributed by atoms with Crippen LogP contribution in [0.4, 0.5) is 0 Å². The molecule has 1 unspecified atom stereocenters. The van der Waals surface area contributed by atoms with Gasteiger partial charge in [-0.25, -0.2) is 4.79 Å². The summed E-state index contributed by atoms with van der Waals surface area (Å²) in [4.78, 5) is 91.3. The summed E-state index contributed by atoms with van der Waals surface area (Å²) >= 11 is 0. The van der Waals surface area contributed by atoms with Gasteiger partial charge < -0.3 is 35.6 Å². The summed E-state index contributed by atoms with van der Waals surface area (Å²) < 4.78 is 9.46. The Morgan fingerprint density at radius 3 is 2.31 bits per heavy atom. The average Bonchev–Trinajstić information content (AvgIpc) is 3.48. The Morgan fingerprint density at radius 2 is 1.62 bits per heavy atom. The molecule has 2 heterocycles. The van der Waals surface area contributed by atoms with Crippen molar-refractivity contribution in [2.45, 2.75) is 69.1 Å². The van der Waals surface area contributed by atoms with Gasteiger partial charge in [-0.15, -0.1) is 0 Å². The Balaban J connectivity index is 1.89. The number of nitrogens with zero attached hydrogens (tertiary/aromatic N) is 1. The highest BCUT2D eigenvalue weighted by molar-refractivity contribution is 5.96. The summed E-state index contributed by atoms with van der Waals surface area (Å²) in [6, 6.07) is 4.39. The van der Waals surface area contributed by atoms with E-state index < -0.39 is 72.1 Å². The number of ether oxygens (including phenoxy) is 2. The van der Waals surface area contributed by atoms with Crippen molar-refractivity contribution < 1.29 is 43.0 Å². The number of carbonyl (C=O) groups is 7. The molecule has 2 aliphatic heterocycles. The maximum Gasteiger partial charge on any atom is 0.328 e. The fourth-order valence-corrected chi connectivity index (χ4v) is 4.91. The lowest BCUT2D eigenvalue weighted by atomic mass is 10.0. The maximum absolute atomic E-state index is 13.5. The number of hydrogen-bond donors (Lipinski definition) is 4. The van der Waals surface area contributed by atoms with Crippen LogP contribution in [0, 0.1) is 0 Å². The molecule has 2 fully saturated rings. The minimum Gasteiger partial charge on any atom is -0.469 e. The normalized spacial score (nSPS) is 24.3. The molecular weight excluding hydrogens is 550 g/mol. The van der Waals surface area contributed by atoms with E-state index in [1.165, 1.54) is 12.0 Å². The Hall–Kier alpha value is -4.49. The predicted octanol–water partition coefficient (Wildman–Crippen LogP) is -1.29. The molecule has 2 aliphatic rings. The van der Waals surface area contributed by atoms with Crippen LogP contribution in [0.25, 0.3) is 0 Å². The van der Waals surface area contributed by atoms with Gasteiger partial charge in [0.1, 0.15) is 24.2 Å². The Labute approximate surface area is 243 Å². The van der Waals surface area contributed by atoms with Gasteiger partial charge in [0.25, 0.3) is 0 Å². The molecule has 3 rings (SSSR count). The van der Waals surface area contributed by atoms with E-state index in [9.17, 15) is 33.6 Å². The van der Waals surface area contributed by atoms with E-state index in [0.717, 1.165) is 12.7 Å². The van der Waals surface area contributed by atoms with Crippen LogP contribution in [0.2, 0.25) is 0 Å². The van der Waals surface area contributed by atoms with E-state index in [4.69, 9.17) is 4.74 Å². The molecule has 228 valence electrons.